The largest absolute Gasteiger partial charge is 0.493 e. The highest BCUT2D eigenvalue weighted by molar-refractivity contribution is 5.78. The van der Waals surface area contributed by atoms with Crippen molar-refractivity contribution < 1.29 is 14.3 Å². The second-order valence-electron chi connectivity index (χ2n) is 6.71. The number of hydrogen-bond acceptors (Lipinski definition) is 5. The molecule has 0 radical (unpaired) electrons. The molecule has 2 aromatic rings. The Morgan fingerprint density at radius 3 is 2.54 bits per heavy atom. The van der Waals surface area contributed by atoms with E-state index in [4.69, 9.17) is 9.47 Å². The molecular weight excluding hydrogens is 354 g/mol. The Bertz CT molecular complexity index is 800. The number of hydrogen-bond donors (Lipinski definition) is 0. The van der Waals surface area contributed by atoms with E-state index in [2.05, 4.69) is 9.88 Å². The number of benzene rings is 1. The van der Waals surface area contributed by atoms with Gasteiger partial charge in [0.15, 0.2) is 18.1 Å². The lowest BCUT2D eigenvalue weighted by atomic mass is 10.2. The van der Waals surface area contributed by atoms with Gasteiger partial charge in [-0.25, -0.2) is 0 Å². The maximum Gasteiger partial charge on any atom is 0.260 e. The molecule has 0 spiro atoms. The number of pyridine rings is 1. The van der Waals surface area contributed by atoms with E-state index in [9.17, 15) is 4.79 Å². The molecule has 1 aliphatic heterocycles. The van der Waals surface area contributed by atoms with Crippen LogP contribution in [0.1, 0.15) is 18.1 Å². The Morgan fingerprint density at radius 1 is 1.11 bits per heavy atom. The predicted molar refractivity (Wildman–Crippen MR) is 109 cm³/mol. The van der Waals surface area contributed by atoms with Gasteiger partial charge in [0.25, 0.3) is 5.91 Å². The Hall–Kier alpha value is -2.86. The van der Waals surface area contributed by atoms with Crippen molar-refractivity contribution in [3.8, 4) is 11.5 Å². The third-order valence-corrected chi connectivity index (χ3v) is 4.78. The van der Waals surface area contributed by atoms with E-state index in [1.54, 1.807) is 7.11 Å². The number of methoxy groups -OCH3 is 1. The maximum atomic E-state index is 12.5. The normalized spacial score (nSPS) is 15.0. The maximum absolute atomic E-state index is 12.5. The van der Waals surface area contributed by atoms with Crippen molar-refractivity contribution in [2.45, 2.75) is 13.5 Å². The minimum Gasteiger partial charge on any atom is -0.493 e. The van der Waals surface area contributed by atoms with E-state index < -0.39 is 0 Å². The van der Waals surface area contributed by atoms with Crippen LogP contribution < -0.4 is 9.47 Å². The van der Waals surface area contributed by atoms with E-state index >= 15 is 0 Å². The summed E-state index contributed by atoms with van der Waals surface area (Å²) in [5.74, 6) is 1.22. The molecule has 1 aromatic carbocycles. The van der Waals surface area contributed by atoms with Gasteiger partial charge in [0.05, 0.1) is 7.11 Å². The molecule has 0 bridgehead atoms. The minimum absolute atomic E-state index is 0.00291. The second kappa shape index (κ2) is 9.90. The molecule has 1 amide bonds. The quantitative estimate of drug-likeness (QED) is 0.738. The van der Waals surface area contributed by atoms with Crippen LogP contribution in [0.15, 0.2) is 48.8 Å². The zero-order valence-electron chi connectivity index (χ0n) is 16.5. The van der Waals surface area contributed by atoms with Gasteiger partial charge >= 0.3 is 0 Å². The Labute approximate surface area is 166 Å². The summed E-state index contributed by atoms with van der Waals surface area (Å²) < 4.78 is 11.1. The van der Waals surface area contributed by atoms with E-state index in [0.29, 0.717) is 24.6 Å². The summed E-state index contributed by atoms with van der Waals surface area (Å²) in [5, 5.41) is 0. The first-order chi connectivity index (χ1) is 13.7. The van der Waals surface area contributed by atoms with Crippen molar-refractivity contribution in [1.29, 1.82) is 0 Å². The fourth-order valence-corrected chi connectivity index (χ4v) is 3.23. The highest BCUT2D eigenvalue weighted by Gasteiger charge is 2.21. The fraction of sp³-hybridized carbons (Fsp3) is 0.364. The van der Waals surface area contributed by atoms with Crippen LogP contribution in [0.4, 0.5) is 0 Å². The van der Waals surface area contributed by atoms with Crippen LogP contribution in [0.2, 0.25) is 0 Å². The van der Waals surface area contributed by atoms with Gasteiger partial charge in [-0.1, -0.05) is 18.2 Å². The SMILES string of the molecule is C/C=C/c1ccc(OCC(=O)N2CCN(Cc3ccncc3)CC2)c(OC)c1. The molecule has 0 atom stereocenters. The van der Waals surface area contributed by atoms with Crippen LogP contribution in [-0.2, 0) is 11.3 Å². The first-order valence-corrected chi connectivity index (χ1v) is 9.52. The smallest absolute Gasteiger partial charge is 0.260 e. The van der Waals surface area contributed by atoms with Gasteiger partial charge in [-0.15, -0.1) is 0 Å². The molecule has 0 N–H and O–H groups in total. The van der Waals surface area contributed by atoms with Crippen LogP contribution in [0.25, 0.3) is 6.08 Å². The summed E-state index contributed by atoms with van der Waals surface area (Å²) in [6.07, 6.45) is 7.58. The van der Waals surface area contributed by atoms with Gasteiger partial charge in [-0.05, 0) is 42.3 Å². The molecule has 1 fully saturated rings. The lowest BCUT2D eigenvalue weighted by molar-refractivity contribution is -0.135. The first kappa shape index (κ1) is 19.9. The summed E-state index contributed by atoms with van der Waals surface area (Å²) in [7, 11) is 1.60. The number of nitrogens with zero attached hydrogens (tertiary/aromatic N) is 3. The van der Waals surface area contributed by atoms with Gasteiger partial charge in [-0.2, -0.15) is 0 Å². The molecular formula is C22H27N3O3. The van der Waals surface area contributed by atoms with Crippen LogP contribution >= 0.6 is 0 Å². The van der Waals surface area contributed by atoms with Gasteiger partial charge in [-0.3, -0.25) is 14.7 Å². The van der Waals surface area contributed by atoms with Crippen LogP contribution in [0, 0.1) is 0 Å². The summed E-state index contributed by atoms with van der Waals surface area (Å²) in [5.41, 5.74) is 2.27. The van der Waals surface area contributed by atoms with Crippen molar-refractivity contribution in [3.05, 3.63) is 59.9 Å². The highest BCUT2D eigenvalue weighted by atomic mass is 16.5. The number of rotatable bonds is 7. The topological polar surface area (TPSA) is 54.9 Å². The van der Waals surface area contributed by atoms with E-state index in [1.165, 1.54) is 5.56 Å². The highest BCUT2D eigenvalue weighted by Crippen LogP contribution is 2.28. The van der Waals surface area contributed by atoms with Crippen LogP contribution in [0.3, 0.4) is 0 Å². The molecule has 148 valence electrons. The molecule has 6 nitrogen and oxygen atoms in total. The third kappa shape index (κ3) is 5.33. The van der Waals surface area contributed by atoms with Crippen molar-refractivity contribution in [1.82, 2.24) is 14.8 Å². The summed E-state index contributed by atoms with van der Waals surface area (Å²) in [4.78, 5) is 20.8. The lowest BCUT2D eigenvalue weighted by Crippen LogP contribution is -2.49. The number of ether oxygens (including phenoxy) is 2. The Kier molecular flexibility index (Phi) is 7.03. The zero-order valence-corrected chi connectivity index (χ0v) is 16.5. The van der Waals surface area contributed by atoms with Crippen molar-refractivity contribution >= 4 is 12.0 Å². The molecule has 2 heterocycles. The lowest BCUT2D eigenvalue weighted by Gasteiger charge is -2.34. The number of piperazine rings is 1. The monoisotopic (exact) mass is 381 g/mol. The predicted octanol–water partition coefficient (Wildman–Crippen LogP) is 2.85. The molecule has 1 aliphatic rings. The molecule has 0 saturated carbocycles. The van der Waals surface area contributed by atoms with E-state index in [0.717, 1.165) is 25.2 Å². The average Bonchev–Trinajstić information content (AvgIpc) is 2.74. The molecule has 1 aromatic heterocycles. The van der Waals surface area contributed by atoms with Gasteiger partial charge in [0, 0.05) is 45.1 Å². The molecule has 0 aliphatic carbocycles. The average molecular weight is 381 g/mol. The zero-order chi connectivity index (χ0) is 19.8. The summed E-state index contributed by atoms with van der Waals surface area (Å²) in [6.45, 7) is 6.01. The van der Waals surface area contributed by atoms with Crippen molar-refractivity contribution in [3.63, 3.8) is 0 Å². The van der Waals surface area contributed by atoms with Crippen molar-refractivity contribution in [2.75, 3.05) is 39.9 Å². The van der Waals surface area contributed by atoms with Crippen LogP contribution in [0.5, 0.6) is 11.5 Å². The minimum atomic E-state index is 0.00291. The van der Waals surface area contributed by atoms with E-state index in [1.807, 2.05) is 66.7 Å². The summed E-state index contributed by atoms with van der Waals surface area (Å²) >= 11 is 0. The van der Waals surface area contributed by atoms with Crippen molar-refractivity contribution in [2.24, 2.45) is 0 Å². The molecule has 3 rings (SSSR count). The number of allylic oxidation sites excluding steroid dienone is 1. The third-order valence-electron chi connectivity index (χ3n) is 4.78. The number of aromatic nitrogens is 1. The second-order valence-corrected chi connectivity index (χ2v) is 6.71. The number of amides is 1. The first-order valence-electron chi connectivity index (χ1n) is 9.52. The number of carbonyl (C=O) groups excluding carboxylic acids is 1. The number of carbonyl (C=O) groups is 1. The Balaban J connectivity index is 1.48. The summed E-state index contributed by atoms with van der Waals surface area (Å²) in [6, 6.07) is 9.74. The molecule has 0 unspecified atom stereocenters. The van der Waals surface area contributed by atoms with E-state index in [-0.39, 0.29) is 12.5 Å². The molecule has 6 heteroatoms. The van der Waals surface area contributed by atoms with Gasteiger partial charge in [0.1, 0.15) is 0 Å². The van der Waals surface area contributed by atoms with Crippen LogP contribution in [-0.4, -0.2) is 60.6 Å². The van der Waals surface area contributed by atoms with Gasteiger partial charge < -0.3 is 14.4 Å². The van der Waals surface area contributed by atoms with Gasteiger partial charge in [0.2, 0.25) is 0 Å². The standard InChI is InChI=1S/C22H27N3O3/c1-3-4-18-5-6-20(21(15-18)27-2)28-17-22(26)25-13-11-24(12-14-25)16-19-7-9-23-10-8-19/h3-10,15H,11-14,16-17H2,1-2H3/b4-3+. The fourth-order valence-electron chi connectivity index (χ4n) is 3.23. The Morgan fingerprint density at radius 2 is 1.86 bits per heavy atom. The molecule has 28 heavy (non-hydrogen) atoms. The molecule has 1 saturated heterocycles.